The van der Waals surface area contributed by atoms with Crippen molar-refractivity contribution in [1.29, 1.82) is 0 Å². The van der Waals surface area contributed by atoms with E-state index in [0.717, 1.165) is 68.9 Å². The molecular weight excluding hydrogens is 633 g/mol. The Kier molecular flexibility index (Phi) is 14.7. The smallest absolute Gasteiger partial charge is 0.255 e. The van der Waals surface area contributed by atoms with Crippen LogP contribution in [-0.4, -0.2) is 74.0 Å². The standard InChI is InChI=1S/C22H28N2O2.C22H28N2O/c1-24-16-6-5-8-19(24)13-10-17-7-3-4-9-21(17)23-22(25)18-11-14-20(26-2)15-12-18;1-2-22(25)24(20-11-7-4-8-12-20)21-14-17-23(18-15-21)16-13-19-9-5-3-6-10-19/h3-4,7,9,11-12,14-15,19H,5-6,8,10,13,16H2,1-2H3,(H,23,25);3-12,21H,2,13-18H2,1H3. The van der Waals surface area contributed by atoms with E-state index in [1.54, 1.807) is 31.4 Å². The summed E-state index contributed by atoms with van der Waals surface area (Å²) in [5.41, 5.74) is 5.18. The van der Waals surface area contributed by atoms with Crippen LogP contribution in [-0.2, 0) is 17.6 Å². The molecule has 7 heteroatoms. The molecule has 51 heavy (non-hydrogen) atoms. The number of hydrogen-bond donors (Lipinski definition) is 1. The molecule has 0 aromatic heterocycles. The molecule has 0 aliphatic carbocycles. The van der Waals surface area contributed by atoms with E-state index >= 15 is 0 Å². The molecule has 7 nitrogen and oxygen atoms in total. The Bertz CT molecular complexity index is 1620. The van der Waals surface area contributed by atoms with Gasteiger partial charge in [-0.1, -0.05) is 80.1 Å². The zero-order chi connectivity index (χ0) is 35.8. The molecule has 1 atom stereocenters. The fourth-order valence-electron chi connectivity index (χ4n) is 7.28. The van der Waals surface area contributed by atoms with Gasteiger partial charge in [0.2, 0.25) is 5.91 Å². The Morgan fingerprint density at radius 1 is 0.784 bits per heavy atom. The van der Waals surface area contributed by atoms with Crippen LogP contribution in [0.1, 0.15) is 73.4 Å². The molecule has 2 aliphatic rings. The highest BCUT2D eigenvalue weighted by Crippen LogP contribution is 2.26. The number of aryl methyl sites for hydroxylation is 1. The van der Waals surface area contributed by atoms with Crippen LogP contribution >= 0.6 is 0 Å². The summed E-state index contributed by atoms with van der Waals surface area (Å²) < 4.78 is 5.15. The van der Waals surface area contributed by atoms with Crippen molar-refractivity contribution in [2.45, 2.75) is 76.8 Å². The van der Waals surface area contributed by atoms with E-state index in [9.17, 15) is 9.59 Å². The normalized spacial score (nSPS) is 16.8. The van der Waals surface area contributed by atoms with Gasteiger partial charge in [0.15, 0.2) is 0 Å². The van der Waals surface area contributed by atoms with E-state index in [-0.39, 0.29) is 11.8 Å². The monoisotopic (exact) mass is 688 g/mol. The van der Waals surface area contributed by atoms with E-state index in [2.05, 4.69) is 70.7 Å². The SMILES string of the molecule is CCC(=O)N(c1ccccc1)C1CCN(CCc2ccccc2)CC1.COc1ccc(C(=O)Nc2ccccc2CCC2CCCCN2C)cc1. The second-order valence-corrected chi connectivity index (χ2v) is 13.8. The van der Waals surface area contributed by atoms with Crippen LogP contribution in [0.3, 0.4) is 0 Å². The van der Waals surface area contributed by atoms with E-state index in [1.807, 2.05) is 48.2 Å². The van der Waals surface area contributed by atoms with Gasteiger partial charge < -0.3 is 24.8 Å². The molecule has 0 radical (unpaired) electrons. The lowest BCUT2D eigenvalue weighted by atomic mass is 9.96. The van der Waals surface area contributed by atoms with Crippen molar-refractivity contribution < 1.29 is 14.3 Å². The van der Waals surface area contributed by atoms with Crippen molar-refractivity contribution in [3.63, 3.8) is 0 Å². The zero-order valence-corrected chi connectivity index (χ0v) is 30.8. The second kappa shape index (κ2) is 19.8. The van der Waals surface area contributed by atoms with Crippen LogP contribution < -0.4 is 15.0 Å². The maximum absolute atomic E-state index is 12.6. The Morgan fingerprint density at radius 3 is 2.12 bits per heavy atom. The lowest BCUT2D eigenvalue weighted by Crippen LogP contribution is -2.47. The van der Waals surface area contributed by atoms with Crippen LogP contribution in [0, 0.1) is 0 Å². The van der Waals surface area contributed by atoms with Gasteiger partial charge in [-0.3, -0.25) is 9.59 Å². The third kappa shape index (κ3) is 11.3. The number of hydrogen-bond acceptors (Lipinski definition) is 5. The maximum atomic E-state index is 12.6. The van der Waals surface area contributed by atoms with Crippen molar-refractivity contribution in [3.05, 3.63) is 126 Å². The molecule has 1 unspecified atom stereocenters. The second-order valence-electron chi connectivity index (χ2n) is 13.8. The number of likely N-dealkylation sites (tertiary alicyclic amines) is 2. The van der Waals surface area contributed by atoms with Crippen LogP contribution in [0.4, 0.5) is 11.4 Å². The first-order chi connectivity index (χ1) is 24.9. The molecule has 270 valence electrons. The van der Waals surface area contributed by atoms with Gasteiger partial charge in [-0.2, -0.15) is 0 Å². The number of carbonyl (C=O) groups excluding carboxylic acids is 2. The number of amides is 2. The lowest BCUT2D eigenvalue weighted by molar-refractivity contribution is -0.119. The van der Waals surface area contributed by atoms with Gasteiger partial charge in [0, 0.05) is 55.1 Å². The van der Waals surface area contributed by atoms with Gasteiger partial charge in [0.25, 0.3) is 5.91 Å². The number of ether oxygens (including phenoxy) is 1. The fraction of sp³-hybridized carbons (Fsp3) is 0.409. The van der Waals surface area contributed by atoms with Gasteiger partial charge in [-0.15, -0.1) is 0 Å². The Hall–Kier alpha value is -4.46. The molecule has 4 aromatic rings. The molecular formula is C44H56N4O3. The number of nitrogens with one attached hydrogen (secondary N) is 1. The summed E-state index contributed by atoms with van der Waals surface area (Å²) in [7, 11) is 3.84. The molecule has 0 bridgehead atoms. The lowest BCUT2D eigenvalue weighted by Gasteiger charge is -2.38. The predicted octanol–water partition coefficient (Wildman–Crippen LogP) is 8.50. The van der Waals surface area contributed by atoms with Crippen molar-refractivity contribution >= 4 is 23.2 Å². The zero-order valence-electron chi connectivity index (χ0n) is 30.8. The average molecular weight is 689 g/mol. The molecule has 2 amide bonds. The van der Waals surface area contributed by atoms with E-state index < -0.39 is 0 Å². The fourth-order valence-corrected chi connectivity index (χ4v) is 7.28. The first-order valence-electron chi connectivity index (χ1n) is 18.8. The number of carbonyl (C=O) groups is 2. The van der Waals surface area contributed by atoms with Crippen LogP contribution in [0.15, 0.2) is 109 Å². The molecule has 2 fully saturated rings. The van der Waals surface area contributed by atoms with Crippen LogP contribution in [0.2, 0.25) is 0 Å². The molecule has 4 aromatic carbocycles. The van der Waals surface area contributed by atoms with Crippen molar-refractivity contribution in [2.24, 2.45) is 0 Å². The van der Waals surface area contributed by atoms with E-state index in [4.69, 9.17) is 4.74 Å². The number of para-hydroxylation sites is 2. The quantitative estimate of drug-likeness (QED) is 0.162. The third-order valence-electron chi connectivity index (χ3n) is 10.4. The minimum atomic E-state index is -0.0881. The third-order valence-corrected chi connectivity index (χ3v) is 10.4. The van der Waals surface area contributed by atoms with Crippen LogP contribution in [0.5, 0.6) is 5.75 Å². The molecule has 1 N–H and O–H groups in total. The molecule has 2 heterocycles. The molecule has 0 saturated carbocycles. The van der Waals surface area contributed by atoms with Gasteiger partial charge in [0.05, 0.1) is 7.11 Å². The Balaban J connectivity index is 0.000000198. The first kappa shape index (κ1) is 37.8. The number of piperidine rings is 2. The van der Waals surface area contributed by atoms with Gasteiger partial charge >= 0.3 is 0 Å². The molecule has 2 saturated heterocycles. The molecule has 2 aliphatic heterocycles. The average Bonchev–Trinajstić information content (AvgIpc) is 3.19. The number of anilines is 2. The summed E-state index contributed by atoms with van der Waals surface area (Å²) in [4.78, 5) is 32.1. The highest BCUT2D eigenvalue weighted by Gasteiger charge is 2.28. The predicted molar refractivity (Wildman–Crippen MR) is 210 cm³/mol. The summed E-state index contributed by atoms with van der Waals surface area (Å²) in [6, 6.07) is 37.1. The minimum absolute atomic E-state index is 0.0881. The molecule has 0 spiro atoms. The molecule has 6 rings (SSSR count). The van der Waals surface area contributed by atoms with Crippen molar-refractivity contribution in [3.8, 4) is 5.75 Å². The summed E-state index contributed by atoms with van der Waals surface area (Å²) in [5.74, 6) is 0.891. The number of methoxy groups -OCH3 is 1. The summed E-state index contributed by atoms with van der Waals surface area (Å²) >= 11 is 0. The number of rotatable bonds is 12. The Labute approximate surface area is 305 Å². The minimum Gasteiger partial charge on any atom is -0.497 e. The largest absolute Gasteiger partial charge is 0.497 e. The highest BCUT2D eigenvalue weighted by molar-refractivity contribution is 6.04. The van der Waals surface area contributed by atoms with Gasteiger partial charge in [0.1, 0.15) is 5.75 Å². The van der Waals surface area contributed by atoms with Gasteiger partial charge in [-0.05, 0) is 112 Å². The van der Waals surface area contributed by atoms with Crippen LogP contribution in [0.25, 0.3) is 0 Å². The van der Waals surface area contributed by atoms with Crippen molar-refractivity contribution in [2.75, 3.05) is 50.6 Å². The van der Waals surface area contributed by atoms with E-state index in [1.165, 1.54) is 36.9 Å². The van der Waals surface area contributed by atoms with E-state index in [0.29, 0.717) is 24.1 Å². The Morgan fingerprint density at radius 2 is 1.45 bits per heavy atom. The number of nitrogens with zero attached hydrogens (tertiary/aromatic N) is 3. The van der Waals surface area contributed by atoms with Gasteiger partial charge in [-0.25, -0.2) is 0 Å². The highest BCUT2D eigenvalue weighted by atomic mass is 16.5. The van der Waals surface area contributed by atoms with Crippen molar-refractivity contribution in [1.82, 2.24) is 9.80 Å². The summed E-state index contributed by atoms with van der Waals surface area (Å²) in [6.07, 6.45) is 9.78. The summed E-state index contributed by atoms with van der Waals surface area (Å²) in [5, 5.41) is 3.07. The number of benzene rings is 4. The first-order valence-corrected chi connectivity index (χ1v) is 18.8. The summed E-state index contributed by atoms with van der Waals surface area (Å²) in [6.45, 7) is 6.38. The maximum Gasteiger partial charge on any atom is 0.255 e. The topological polar surface area (TPSA) is 65.1 Å².